The van der Waals surface area contributed by atoms with Gasteiger partial charge in [0.05, 0.1) is 12.1 Å². The lowest BCUT2D eigenvalue weighted by Crippen LogP contribution is -2.49. The molecule has 0 bridgehead atoms. The van der Waals surface area contributed by atoms with Crippen LogP contribution >= 0.6 is 15.9 Å². The monoisotopic (exact) mass is 352 g/mol. The van der Waals surface area contributed by atoms with Gasteiger partial charge in [0.1, 0.15) is 0 Å². The molecule has 0 unspecified atom stereocenters. The minimum absolute atomic E-state index is 0.00920. The van der Waals surface area contributed by atoms with E-state index in [1.54, 1.807) is 0 Å². The Hall–Kier alpha value is -0.910. The normalized spacial score (nSPS) is 27.1. The zero-order chi connectivity index (χ0) is 14.9. The van der Waals surface area contributed by atoms with Crippen LogP contribution in [0, 0.1) is 0 Å². The van der Waals surface area contributed by atoms with Crippen LogP contribution in [0.5, 0.6) is 0 Å². The van der Waals surface area contributed by atoms with Gasteiger partial charge in [-0.1, -0.05) is 34.5 Å². The zero-order valence-corrected chi connectivity index (χ0v) is 13.5. The third kappa shape index (κ3) is 3.15. The number of nitrogens with one attached hydrogen (secondary N) is 2. The fourth-order valence-corrected chi connectivity index (χ4v) is 3.54. The summed E-state index contributed by atoms with van der Waals surface area (Å²) in [6.45, 7) is 1.19. The van der Waals surface area contributed by atoms with Crippen LogP contribution < -0.4 is 10.6 Å². The number of halogens is 1. The van der Waals surface area contributed by atoms with Crippen LogP contribution in [0.25, 0.3) is 0 Å². The molecule has 1 amide bonds. The first kappa shape index (κ1) is 15.0. The molecule has 1 heterocycles. The zero-order valence-electron chi connectivity index (χ0n) is 11.9. The van der Waals surface area contributed by atoms with Gasteiger partial charge in [-0.2, -0.15) is 0 Å². The van der Waals surface area contributed by atoms with Gasteiger partial charge in [-0.05, 0) is 37.0 Å². The van der Waals surface area contributed by atoms with Crippen LogP contribution in [-0.4, -0.2) is 36.2 Å². The summed E-state index contributed by atoms with van der Waals surface area (Å²) in [6, 6.07) is 8.17. The van der Waals surface area contributed by atoms with Crippen molar-refractivity contribution in [1.82, 2.24) is 10.6 Å². The first-order valence-corrected chi connectivity index (χ1v) is 8.34. The summed E-state index contributed by atoms with van der Waals surface area (Å²) in [5, 5.41) is 15.6. The molecule has 21 heavy (non-hydrogen) atoms. The van der Waals surface area contributed by atoms with E-state index in [-0.39, 0.29) is 17.4 Å². The second kappa shape index (κ2) is 6.07. The van der Waals surface area contributed by atoms with Gasteiger partial charge in [-0.15, -0.1) is 0 Å². The van der Waals surface area contributed by atoms with Crippen LogP contribution in [0.15, 0.2) is 28.7 Å². The van der Waals surface area contributed by atoms with E-state index in [4.69, 9.17) is 0 Å². The predicted octanol–water partition coefficient (Wildman–Crippen LogP) is 1.71. The maximum absolute atomic E-state index is 12.2. The molecule has 1 aromatic rings. The number of hydrogen-bond donors (Lipinski definition) is 3. The molecule has 4 nitrogen and oxygen atoms in total. The van der Waals surface area contributed by atoms with Crippen molar-refractivity contribution in [3.8, 4) is 0 Å². The van der Waals surface area contributed by atoms with E-state index in [2.05, 4.69) is 50.8 Å². The van der Waals surface area contributed by atoms with Crippen molar-refractivity contribution in [2.45, 2.75) is 43.2 Å². The standard InChI is InChI=1S/C16H21BrN2O2/c17-12-4-2-11(3-5-12)16(6-1-7-16)10-19-15(21)14-8-13(20)9-18-14/h2-5,13-14,18,20H,1,6-10H2,(H,19,21)/t13-,14+/m1/s1. The van der Waals surface area contributed by atoms with Gasteiger partial charge in [0.15, 0.2) is 0 Å². The van der Waals surface area contributed by atoms with Crippen molar-refractivity contribution >= 4 is 21.8 Å². The minimum Gasteiger partial charge on any atom is -0.392 e. The molecule has 5 heteroatoms. The van der Waals surface area contributed by atoms with E-state index in [1.165, 1.54) is 12.0 Å². The highest BCUT2D eigenvalue weighted by Gasteiger charge is 2.39. The minimum atomic E-state index is -0.398. The van der Waals surface area contributed by atoms with Crippen LogP contribution in [0.2, 0.25) is 0 Å². The maximum Gasteiger partial charge on any atom is 0.237 e. The number of carbonyl (C=O) groups excluding carboxylic acids is 1. The summed E-state index contributed by atoms with van der Waals surface area (Å²) in [6.07, 6.45) is 3.57. The molecule has 1 aromatic carbocycles. The van der Waals surface area contributed by atoms with Crippen LogP contribution in [-0.2, 0) is 10.2 Å². The number of β-amino-alcohol motifs (C(OH)–C–C–N with tert-alkyl or cyclic N) is 1. The van der Waals surface area contributed by atoms with E-state index in [0.29, 0.717) is 19.5 Å². The van der Waals surface area contributed by atoms with Crippen molar-refractivity contribution in [3.05, 3.63) is 34.3 Å². The van der Waals surface area contributed by atoms with Crippen molar-refractivity contribution in [2.75, 3.05) is 13.1 Å². The largest absolute Gasteiger partial charge is 0.392 e. The summed E-state index contributed by atoms with van der Waals surface area (Å²) >= 11 is 3.46. The highest BCUT2D eigenvalue weighted by molar-refractivity contribution is 9.10. The molecule has 3 rings (SSSR count). The topological polar surface area (TPSA) is 61.4 Å². The van der Waals surface area contributed by atoms with E-state index in [0.717, 1.165) is 17.3 Å². The van der Waals surface area contributed by atoms with Gasteiger partial charge < -0.3 is 15.7 Å². The number of amides is 1. The Morgan fingerprint density at radius 1 is 1.38 bits per heavy atom. The Labute approximate surface area is 133 Å². The number of aliphatic hydroxyl groups is 1. The molecule has 2 aliphatic rings. The van der Waals surface area contributed by atoms with Gasteiger partial charge in [-0.3, -0.25) is 4.79 Å². The summed E-state index contributed by atoms with van der Waals surface area (Å²) in [7, 11) is 0. The smallest absolute Gasteiger partial charge is 0.237 e. The lowest BCUT2D eigenvalue weighted by Gasteiger charge is -2.42. The molecule has 1 saturated heterocycles. The Bertz CT molecular complexity index is 514. The molecule has 1 aliphatic heterocycles. The molecular weight excluding hydrogens is 332 g/mol. The molecule has 0 radical (unpaired) electrons. The second-order valence-electron chi connectivity index (χ2n) is 6.21. The molecule has 114 valence electrons. The lowest BCUT2D eigenvalue weighted by molar-refractivity contribution is -0.123. The number of rotatable bonds is 4. The van der Waals surface area contributed by atoms with Gasteiger partial charge in [0.25, 0.3) is 0 Å². The third-order valence-electron chi connectivity index (χ3n) is 4.79. The lowest BCUT2D eigenvalue weighted by atomic mass is 9.64. The molecule has 1 aliphatic carbocycles. The summed E-state index contributed by atoms with van der Waals surface area (Å²) in [4.78, 5) is 12.2. The Morgan fingerprint density at radius 2 is 2.10 bits per heavy atom. The quantitative estimate of drug-likeness (QED) is 0.772. The molecule has 1 saturated carbocycles. The van der Waals surface area contributed by atoms with E-state index < -0.39 is 6.10 Å². The van der Waals surface area contributed by atoms with E-state index in [9.17, 15) is 9.90 Å². The molecule has 0 aromatic heterocycles. The van der Waals surface area contributed by atoms with Crippen molar-refractivity contribution in [1.29, 1.82) is 0 Å². The predicted molar refractivity (Wildman–Crippen MR) is 85.1 cm³/mol. The van der Waals surface area contributed by atoms with Crippen molar-refractivity contribution in [3.63, 3.8) is 0 Å². The Balaban J connectivity index is 1.62. The molecule has 3 N–H and O–H groups in total. The molecular formula is C16H21BrN2O2. The SMILES string of the molecule is O=C(NCC1(c2ccc(Br)cc2)CCC1)[C@@H]1C[C@@H](O)CN1. The van der Waals surface area contributed by atoms with Gasteiger partial charge in [0, 0.05) is 23.0 Å². The van der Waals surface area contributed by atoms with Crippen LogP contribution in [0.1, 0.15) is 31.2 Å². The summed E-state index contributed by atoms with van der Waals surface area (Å²) in [5.41, 5.74) is 1.39. The van der Waals surface area contributed by atoms with E-state index >= 15 is 0 Å². The van der Waals surface area contributed by atoms with Gasteiger partial charge in [0.2, 0.25) is 5.91 Å². The second-order valence-corrected chi connectivity index (χ2v) is 7.12. The average molecular weight is 353 g/mol. The molecule has 2 fully saturated rings. The summed E-state index contributed by atoms with van der Waals surface area (Å²) in [5.74, 6) is 0.00920. The first-order chi connectivity index (χ1) is 10.1. The fourth-order valence-electron chi connectivity index (χ4n) is 3.27. The van der Waals surface area contributed by atoms with Crippen LogP contribution in [0.3, 0.4) is 0 Å². The van der Waals surface area contributed by atoms with Crippen molar-refractivity contribution in [2.24, 2.45) is 0 Å². The molecule has 0 spiro atoms. The maximum atomic E-state index is 12.2. The number of carbonyl (C=O) groups is 1. The average Bonchev–Trinajstić information content (AvgIpc) is 2.86. The highest BCUT2D eigenvalue weighted by Crippen LogP contribution is 2.43. The number of benzene rings is 1. The third-order valence-corrected chi connectivity index (χ3v) is 5.32. The van der Waals surface area contributed by atoms with Gasteiger partial charge in [-0.25, -0.2) is 0 Å². The van der Waals surface area contributed by atoms with Gasteiger partial charge >= 0.3 is 0 Å². The van der Waals surface area contributed by atoms with Crippen LogP contribution in [0.4, 0.5) is 0 Å². The number of hydrogen-bond acceptors (Lipinski definition) is 3. The highest BCUT2D eigenvalue weighted by atomic mass is 79.9. The summed E-state index contributed by atoms with van der Waals surface area (Å²) < 4.78 is 1.08. The van der Waals surface area contributed by atoms with E-state index in [1.807, 2.05) is 0 Å². The fraction of sp³-hybridized carbons (Fsp3) is 0.562. The Kier molecular flexibility index (Phi) is 4.33. The van der Waals surface area contributed by atoms with Crippen molar-refractivity contribution < 1.29 is 9.90 Å². The Morgan fingerprint density at radius 3 is 2.62 bits per heavy atom. The number of aliphatic hydroxyl groups excluding tert-OH is 1. The molecule has 2 atom stereocenters. The first-order valence-electron chi connectivity index (χ1n) is 7.54.